The number of aryl methyl sites for hydroxylation is 1. The molecule has 2 aromatic rings. The number of amides is 1. The Balaban J connectivity index is 1.81. The first-order valence-corrected chi connectivity index (χ1v) is 9.62. The van der Waals surface area contributed by atoms with Crippen molar-refractivity contribution in [3.05, 3.63) is 29.6 Å². The molecule has 1 fully saturated rings. The Morgan fingerprint density at radius 1 is 1.31 bits per heavy atom. The predicted octanol–water partition coefficient (Wildman–Crippen LogP) is 3.11. The van der Waals surface area contributed by atoms with E-state index in [4.69, 9.17) is 10.7 Å². The molecule has 26 heavy (non-hydrogen) atoms. The van der Waals surface area contributed by atoms with E-state index in [0.29, 0.717) is 5.56 Å². The Labute approximate surface area is 155 Å². The number of imidazole rings is 1. The lowest BCUT2D eigenvalue weighted by molar-refractivity contribution is 0.0926. The zero-order valence-electron chi connectivity index (χ0n) is 16.3. The number of aromatic nitrogens is 2. The Morgan fingerprint density at radius 2 is 2.00 bits per heavy atom. The number of pyridine rings is 1. The van der Waals surface area contributed by atoms with E-state index in [9.17, 15) is 4.79 Å². The van der Waals surface area contributed by atoms with Gasteiger partial charge in [0.05, 0.1) is 5.69 Å². The second-order valence-corrected chi connectivity index (χ2v) is 8.36. The molecule has 6 nitrogen and oxygen atoms in total. The third kappa shape index (κ3) is 4.18. The molecule has 142 valence electrons. The monoisotopic (exact) mass is 357 g/mol. The summed E-state index contributed by atoms with van der Waals surface area (Å²) in [6.45, 7) is 8.48. The van der Waals surface area contributed by atoms with Gasteiger partial charge in [0, 0.05) is 29.4 Å². The number of carbonyl (C=O) groups excluding carboxylic acids is 1. The van der Waals surface area contributed by atoms with Crippen molar-refractivity contribution in [2.75, 3.05) is 5.32 Å². The number of carbonyl (C=O) groups is 1. The largest absolute Gasteiger partial charge is 0.365 e. The summed E-state index contributed by atoms with van der Waals surface area (Å²) in [7, 11) is 0. The van der Waals surface area contributed by atoms with Crippen LogP contribution in [0.5, 0.6) is 0 Å². The van der Waals surface area contributed by atoms with Crippen molar-refractivity contribution in [2.24, 2.45) is 5.73 Å². The summed E-state index contributed by atoms with van der Waals surface area (Å²) in [4.78, 5) is 17.4. The lowest BCUT2D eigenvalue weighted by atomic mass is 9.91. The van der Waals surface area contributed by atoms with Crippen LogP contribution < -0.4 is 16.4 Å². The second-order valence-electron chi connectivity index (χ2n) is 8.36. The summed E-state index contributed by atoms with van der Waals surface area (Å²) in [5, 5.41) is 6.68. The first kappa shape index (κ1) is 18.7. The van der Waals surface area contributed by atoms with Gasteiger partial charge in [-0.1, -0.05) is 6.92 Å². The van der Waals surface area contributed by atoms with Gasteiger partial charge in [-0.3, -0.25) is 9.20 Å². The summed E-state index contributed by atoms with van der Waals surface area (Å²) in [6.07, 6.45) is 6.64. The van der Waals surface area contributed by atoms with Gasteiger partial charge >= 0.3 is 0 Å². The van der Waals surface area contributed by atoms with Gasteiger partial charge in [-0.05, 0) is 65.0 Å². The zero-order chi connectivity index (χ0) is 18.9. The molecular weight excluding hydrogens is 326 g/mol. The molecule has 1 aliphatic rings. The molecule has 1 aliphatic carbocycles. The first-order chi connectivity index (χ1) is 12.3. The number of nitrogens with two attached hydrogens (primary N) is 1. The topological polar surface area (TPSA) is 84.5 Å². The molecule has 0 saturated heterocycles. The van der Waals surface area contributed by atoms with Crippen LogP contribution in [0.4, 0.5) is 5.82 Å². The molecule has 0 aromatic carbocycles. The van der Waals surface area contributed by atoms with E-state index in [1.54, 1.807) is 0 Å². The van der Waals surface area contributed by atoms with Crippen molar-refractivity contribution in [1.29, 1.82) is 0 Å². The van der Waals surface area contributed by atoms with E-state index in [0.717, 1.165) is 49.3 Å². The lowest BCUT2D eigenvalue weighted by Crippen LogP contribution is -2.40. The number of hydrogen-bond donors (Lipinski definition) is 3. The van der Waals surface area contributed by atoms with Crippen molar-refractivity contribution in [3.8, 4) is 0 Å². The van der Waals surface area contributed by atoms with Crippen molar-refractivity contribution < 1.29 is 4.79 Å². The molecule has 2 heterocycles. The third-order valence-electron chi connectivity index (χ3n) is 4.90. The van der Waals surface area contributed by atoms with Crippen LogP contribution >= 0.6 is 0 Å². The van der Waals surface area contributed by atoms with Gasteiger partial charge in [0.1, 0.15) is 11.5 Å². The minimum Gasteiger partial charge on any atom is -0.365 e. The molecule has 2 aromatic heterocycles. The fourth-order valence-corrected chi connectivity index (χ4v) is 3.50. The molecule has 1 saturated carbocycles. The zero-order valence-corrected chi connectivity index (χ0v) is 16.3. The van der Waals surface area contributed by atoms with E-state index in [1.807, 2.05) is 22.7 Å². The highest BCUT2D eigenvalue weighted by molar-refractivity contribution is 5.95. The quantitative estimate of drug-likeness (QED) is 0.785. The van der Waals surface area contributed by atoms with Gasteiger partial charge in [0.2, 0.25) is 0 Å². The Bertz CT molecular complexity index is 781. The molecule has 0 radical (unpaired) electrons. The van der Waals surface area contributed by atoms with Crippen LogP contribution in [0.1, 0.15) is 69.4 Å². The lowest BCUT2D eigenvalue weighted by Gasteiger charge is -2.26. The van der Waals surface area contributed by atoms with Gasteiger partial charge in [-0.15, -0.1) is 0 Å². The molecule has 0 atom stereocenters. The first-order valence-electron chi connectivity index (χ1n) is 9.62. The number of nitrogens with one attached hydrogen (secondary N) is 2. The minimum atomic E-state index is -0.0578. The third-order valence-corrected chi connectivity index (χ3v) is 4.90. The van der Waals surface area contributed by atoms with Crippen LogP contribution in [-0.4, -0.2) is 32.9 Å². The summed E-state index contributed by atoms with van der Waals surface area (Å²) < 4.78 is 2.03. The van der Waals surface area contributed by atoms with Crippen LogP contribution in [0, 0.1) is 0 Å². The van der Waals surface area contributed by atoms with Gasteiger partial charge in [-0.25, -0.2) is 4.98 Å². The molecule has 0 aliphatic heterocycles. The van der Waals surface area contributed by atoms with Crippen molar-refractivity contribution in [2.45, 2.75) is 77.4 Å². The average molecular weight is 358 g/mol. The molecule has 0 bridgehead atoms. The number of rotatable bonds is 4. The highest BCUT2D eigenvalue weighted by Crippen LogP contribution is 2.23. The molecule has 4 N–H and O–H groups in total. The van der Waals surface area contributed by atoms with Crippen molar-refractivity contribution in [3.63, 3.8) is 0 Å². The maximum Gasteiger partial charge on any atom is 0.251 e. The smallest absolute Gasteiger partial charge is 0.251 e. The van der Waals surface area contributed by atoms with Crippen LogP contribution in [0.2, 0.25) is 0 Å². The summed E-state index contributed by atoms with van der Waals surface area (Å²) >= 11 is 0. The maximum atomic E-state index is 12.6. The van der Waals surface area contributed by atoms with Gasteiger partial charge in [-0.2, -0.15) is 0 Å². The second kappa shape index (κ2) is 7.27. The maximum absolute atomic E-state index is 12.6. The number of hydrogen-bond acceptors (Lipinski definition) is 4. The van der Waals surface area contributed by atoms with Crippen molar-refractivity contribution in [1.82, 2.24) is 14.7 Å². The number of nitrogens with zero attached hydrogens (tertiary/aromatic N) is 2. The highest BCUT2D eigenvalue weighted by atomic mass is 16.1. The Kier molecular flexibility index (Phi) is 5.23. The average Bonchev–Trinajstić information content (AvgIpc) is 2.92. The van der Waals surface area contributed by atoms with Crippen molar-refractivity contribution >= 4 is 17.4 Å². The molecule has 0 unspecified atom stereocenters. The number of fused-ring (bicyclic) bond motifs is 1. The summed E-state index contributed by atoms with van der Waals surface area (Å²) in [6, 6.07) is 4.25. The molecule has 1 amide bonds. The fourth-order valence-electron chi connectivity index (χ4n) is 3.50. The standard InChI is InChI=1S/C20H31N5O/c1-5-16-18(24-20(2,3)4)25-11-10-13(12-17(25)23-16)19(26)22-15-8-6-14(21)7-9-15/h10-12,14-15,24H,5-9,21H2,1-4H3,(H,22,26). The molecular formula is C20H31N5O. The van der Waals surface area contributed by atoms with Gasteiger partial charge in [0.15, 0.2) is 0 Å². The normalized spacial score (nSPS) is 21.0. The van der Waals surface area contributed by atoms with Gasteiger partial charge < -0.3 is 16.4 Å². The van der Waals surface area contributed by atoms with E-state index in [1.165, 1.54) is 0 Å². The van der Waals surface area contributed by atoms with Crippen LogP contribution in [0.3, 0.4) is 0 Å². The predicted molar refractivity (Wildman–Crippen MR) is 106 cm³/mol. The Morgan fingerprint density at radius 3 is 2.62 bits per heavy atom. The minimum absolute atomic E-state index is 0.0284. The fraction of sp³-hybridized carbons (Fsp3) is 0.600. The molecule has 0 spiro atoms. The van der Waals surface area contributed by atoms with E-state index < -0.39 is 0 Å². The summed E-state index contributed by atoms with van der Waals surface area (Å²) in [5.41, 5.74) is 8.35. The van der Waals surface area contributed by atoms with E-state index in [2.05, 4.69) is 38.3 Å². The summed E-state index contributed by atoms with van der Waals surface area (Å²) in [5.74, 6) is 0.975. The SMILES string of the molecule is CCc1nc2cc(C(=O)NC3CCC(N)CC3)ccn2c1NC(C)(C)C. The van der Waals surface area contributed by atoms with E-state index >= 15 is 0 Å². The van der Waals surface area contributed by atoms with Gasteiger partial charge in [0.25, 0.3) is 5.91 Å². The molecule has 3 rings (SSSR count). The van der Waals surface area contributed by atoms with Crippen LogP contribution in [0.15, 0.2) is 18.3 Å². The van der Waals surface area contributed by atoms with Crippen LogP contribution in [-0.2, 0) is 6.42 Å². The molecule has 6 heteroatoms. The van der Waals surface area contributed by atoms with E-state index in [-0.39, 0.29) is 23.5 Å². The Hall–Kier alpha value is -2.08. The van der Waals surface area contributed by atoms with Crippen LogP contribution in [0.25, 0.3) is 5.65 Å². The highest BCUT2D eigenvalue weighted by Gasteiger charge is 2.22. The number of anilines is 1.